The van der Waals surface area contributed by atoms with Gasteiger partial charge in [-0.25, -0.2) is 8.42 Å². The molecule has 1 heterocycles. The minimum Gasteiger partial charge on any atom is -0.334 e. The second-order valence-corrected chi connectivity index (χ2v) is 10.8. The van der Waals surface area contributed by atoms with E-state index in [4.69, 9.17) is 0 Å². The number of nitrogens with zero attached hydrogens (tertiary/aromatic N) is 2. The van der Waals surface area contributed by atoms with E-state index in [1.165, 1.54) is 0 Å². The lowest BCUT2D eigenvalue weighted by Crippen LogP contribution is -2.67. The molecule has 144 valence electrons. The number of piperazine rings is 1. The van der Waals surface area contributed by atoms with E-state index in [0.29, 0.717) is 12.5 Å². The van der Waals surface area contributed by atoms with E-state index >= 15 is 0 Å². The van der Waals surface area contributed by atoms with Gasteiger partial charge in [-0.3, -0.25) is 4.79 Å². The molecule has 2 saturated carbocycles. The SMILES string of the molecule is CC(=O)N1C2CCCCC2N(S(=O)(=O)C2CCC(C)CC2C)C[C@@H]1C. The Kier molecular flexibility index (Phi) is 5.50. The van der Waals surface area contributed by atoms with Crippen LogP contribution in [-0.2, 0) is 14.8 Å². The first-order chi connectivity index (χ1) is 11.7. The second kappa shape index (κ2) is 7.18. The molecule has 5 unspecified atom stereocenters. The highest BCUT2D eigenvalue weighted by Crippen LogP contribution is 2.39. The van der Waals surface area contributed by atoms with E-state index in [-0.39, 0.29) is 35.2 Å². The molecule has 1 amide bonds. The number of hydrogen-bond donors (Lipinski definition) is 0. The van der Waals surface area contributed by atoms with Crippen molar-refractivity contribution >= 4 is 15.9 Å². The van der Waals surface area contributed by atoms with E-state index in [1.54, 1.807) is 6.92 Å². The third kappa shape index (κ3) is 3.48. The zero-order valence-corrected chi connectivity index (χ0v) is 17.0. The van der Waals surface area contributed by atoms with Gasteiger partial charge in [-0.15, -0.1) is 0 Å². The van der Waals surface area contributed by atoms with Crippen molar-refractivity contribution in [3.8, 4) is 0 Å². The van der Waals surface area contributed by atoms with Gasteiger partial charge in [0.1, 0.15) is 0 Å². The van der Waals surface area contributed by atoms with Crippen LogP contribution in [0.4, 0.5) is 0 Å². The number of carbonyl (C=O) groups is 1. The Balaban J connectivity index is 1.89. The van der Waals surface area contributed by atoms with Gasteiger partial charge in [0.15, 0.2) is 0 Å². The molecule has 3 aliphatic rings. The molecule has 6 heteroatoms. The van der Waals surface area contributed by atoms with Gasteiger partial charge in [-0.1, -0.05) is 26.7 Å². The second-order valence-electron chi connectivity index (χ2n) is 8.74. The van der Waals surface area contributed by atoms with E-state index < -0.39 is 10.0 Å². The van der Waals surface area contributed by atoms with Gasteiger partial charge in [-0.2, -0.15) is 4.31 Å². The van der Waals surface area contributed by atoms with Crippen LogP contribution in [0.3, 0.4) is 0 Å². The van der Waals surface area contributed by atoms with Crippen LogP contribution < -0.4 is 0 Å². The molecule has 1 aliphatic heterocycles. The van der Waals surface area contributed by atoms with E-state index in [9.17, 15) is 13.2 Å². The van der Waals surface area contributed by atoms with E-state index in [0.717, 1.165) is 44.9 Å². The molecular weight excluding hydrogens is 336 g/mol. The van der Waals surface area contributed by atoms with E-state index in [1.807, 2.05) is 16.1 Å². The average molecular weight is 371 g/mol. The van der Waals surface area contributed by atoms with Gasteiger partial charge in [0.05, 0.1) is 5.25 Å². The van der Waals surface area contributed by atoms with Crippen molar-refractivity contribution < 1.29 is 13.2 Å². The molecule has 1 saturated heterocycles. The fourth-order valence-corrected chi connectivity index (χ4v) is 8.18. The maximum absolute atomic E-state index is 13.6. The van der Waals surface area contributed by atoms with Crippen molar-refractivity contribution in [3.05, 3.63) is 0 Å². The molecule has 5 nitrogen and oxygen atoms in total. The van der Waals surface area contributed by atoms with Gasteiger partial charge in [0.25, 0.3) is 0 Å². The summed E-state index contributed by atoms with van der Waals surface area (Å²) in [5.74, 6) is 0.926. The van der Waals surface area contributed by atoms with Crippen LogP contribution in [0.25, 0.3) is 0 Å². The first kappa shape index (κ1) is 19.2. The molecule has 2 aliphatic carbocycles. The highest BCUT2D eigenvalue weighted by atomic mass is 32.2. The fraction of sp³-hybridized carbons (Fsp3) is 0.947. The third-order valence-electron chi connectivity index (χ3n) is 6.77. The lowest BCUT2D eigenvalue weighted by Gasteiger charge is -2.53. The number of sulfonamides is 1. The molecule has 3 fully saturated rings. The minimum absolute atomic E-state index is 0.0228. The van der Waals surface area contributed by atoms with Gasteiger partial charge in [0.2, 0.25) is 15.9 Å². The largest absolute Gasteiger partial charge is 0.334 e. The van der Waals surface area contributed by atoms with Crippen LogP contribution in [0.5, 0.6) is 0 Å². The lowest BCUT2D eigenvalue weighted by atomic mass is 9.83. The molecule has 0 bridgehead atoms. The summed E-state index contributed by atoms with van der Waals surface area (Å²) in [5.41, 5.74) is 0. The molecule has 25 heavy (non-hydrogen) atoms. The van der Waals surface area contributed by atoms with Crippen molar-refractivity contribution in [2.75, 3.05) is 6.54 Å². The predicted molar refractivity (Wildman–Crippen MR) is 99.6 cm³/mol. The summed E-state index contributed by atoms with van der Waals surface area (Å²) in [5, 5.41) is -0.248. The summed E-state index contributed by atoms with van der Waals surface area (Å²) in [6.07, 6.45) is 6.75. The Bertz CT molecular complexity index is 606. The Hall–Kier alpha value is -0.620. The maximum atomic E-state index is 13.6. The number of carbonyl (C=O) groups excluding carboxylic acids is 1. The van der Waals surface area contributed by atoms with Crippen molar-refractivity contribution in [3.63, 3.8) is 0 Å². The first-order valence-corrected chi connectivity index (χ1v) is 11.5. The topological polar surface area (TPSA) is 57.7 Å². The molecule has 0 spiro atoms. The summed E-state index contributed by atoms with van der Waals surface area (Å²) < 4.78 is 28.9. The minimum atomic E-state index is -3.31. The zero-order valence-electron chi connectivity index (χ0n) is 16.1. The lowest BCUT2D eigenvalue weighted by molar-refractivity contribution is -0.139. The first-order valence-electron chi connectivity index (χ1n) is 10.0. The van der Waals surface area contributed by atoms with Crippen LogP contribution in [0.2, 0.25) is 0 Å². The molecule has 6 atom stereocenters. The van der Waals surface area contributed by atoms with Crippen LogP contribution in [0, 0.1) is 11.8 Å². The van der Waals surface area contributed by atoms with Crippen LogP contribution in [0.15, 0.2) is 0 Å². The number of fused-ring (bicyclic) bond motifs is 1. The molecule has 0 N–H and O–H groups in total. The third-order valence-corrected chi connectivity index (χ3v) is 9.31. The van der Waals surface area contributed by atoms with Gasteiger partial charge >= 0.3 is 0 Å². The monoisotopic (exact) mass is 370 g/mol. The maximum Gasteiger partial charge on any atom is 0.220 e. The van der Waals surface area contributed by atoms with Crippen molar-refractivity contribution in [1.82, 2.24) is 9.21 Å². The quantitative estimate of drug-likeness (QED) is 0.751. The Morgan fingerprint density at radius 2 is 1.60 bits per heavy atom. The van der Waals surface area contributed by atoms with Crippen LogP contribution in [0.1, 0.15) is 72.6 Å². The van der Waals surface area contributed by atoms with Crippen molar-refractivity contribution in [1.29, 1.82) is 0 Å². The highest BCUT2D eigenvalue weighted by molar-refractivity contribution is 7.89. The van der Waals surface area contributed by atoms with Crippen molar-refractivity contribution in [2.45, 2.75) is 96.0 Å². The predicted octanol–water partition coefficient (Wildman–Crippen LogP) is 3.00. The van der Waals surface area contributed by atoms with Crippen LogP contribution >= 0.6 is 0 Å². The summed E-state index contributed by atoms with van der Waals surface area (Å²) in [7, 11) is -3.31. The standard InChI is InChI=1S/C19H34N2O3S/c1-13-9-10-19(14(2)11-13)25(23,24)20-12-15(3)21(16(4)22)18-8-6-5-7-17(18)20/h13-15,17-19H,5-12H2,1-4H3/t13?,14?,15-,17?,18?,19?/m0/s1. The average Bonchev–Trinajstić information content (AvgIpc) is 2.53. The number of hydrogen-bond acceptors (Lipinski definition) is 3. The Morgan fingerprint density at radius 3 is 2.20 bits per heavy atom. The number of rotatable bonds is 2. The van der Waals surface area contributed by atoms with Gasteiger partial charge in [0, 0.05) is 31.6 Å². The van der Waals surface area contributed by atoms with Crippen molar-refractivity contribution in [2.24, 2.45) is 11.8 Å². The molecule has 0 aromatic carbocycles. The van der Waals surface area contributed by atoms with E-state index in [2.05, 4.69) is 13.8 Å². The van der Waals surface area contributed by atoms with Crippen LogP contribution in [-0.4, -0.2) is 53.5 Å². The molecule has 3 rings (SSSR count). The van der Waals surface area contributed by atoms with Gasteiger partial charge < -0.3 is 4.90 Å². The number of amides is 1. The molecule has 0 aromatic heterocycles. The molecule has 0 radical (unpaired) electrons. The summed E-state index contributed by atoms with van der Waals surface area (Å²) in [6.45, 7) is 8.41. The normalized spacial score (nSPS) is 40.6. The highest BCUT2D eigenvalue weighted by Gasteiger charge is 2.49. The summed E-state index contributed by atoms with van der Waals surface area (Å²) >= 11 is 0. The van der Waals surface area contributed by atoms with Gasteiger partial charge in [-0.05, 0) is 50.9 Å². The molecular formula is C19H34N2O3S. The smallest absolute Gasteiger partial charge is 0.220 e. The Labute approximate surface area is 153 Å². The zero-order chi connectivity index (χ0) is 18.4. The Morgan fingerprint density at radius 1 is 0.960 bits per heavy atom. The fourth-order valence-electron chi connectivity index (χ4n) is 5.65. The summed E-state index contributed by atoms with van der Waals surface area (Å²) in [4.78, 5) is 14.1. The summed E-state index contributed by atoms with van der Waals surface area (Å²) in [6, 6.07) is -0.00237. The molecule has 0 aromatic rings.